The number of aliphatic hydroxyl groups is 1. The lowest BCUT2D eigenvalue weighted by Crippen LogP contribution is -2.35. The molecule has 0 aliphatic carbocycles. The number of aliphatic hydroxyl groups excluding tert-OH is 1. The van der Waals surface area contributed by atoms with Gasteiger partial charge in [0.15, 0.2) is 9.84 Å². The molecule has 96 valence electrons. The van der Waals surface area contributed by atoms with E-state index in [1.807, 2.05) is 0 Å². The highest BCUT2D eigenvalue weighted by molar-refractivity contribution is 7.95. The van der Waals surface area contributed by atoms with Gasteiger partial charge in [-0.05, 0) is 6.07 Å². The normalized spacial score (nSPS) is 14.6. The second-order valence-corrected chi connectivity index (χ2v) is 7.67. The van der Waals surface area contributed by atoms with Crippen LogP contribution in [0.5, 0.6) is 0 Å². The van der Waals surface area contributed by atoms with Gasteiger partial charge in [0.05, 0.1) is 5.75 Å². The van der Waals surface area contributed by atoms with E-state index in [1.54, 1.807) is 0 Å². The van der Waals surface area contributed by atoms with E-state index in [-0.39, 0.29) is 11.3 Å². The van der Waals surface area contributed by atoms with Crippen LogP contribution in [0, 0.1) is 5.82 Å². The molecule has 7 heteroatoms. The first kappa shape index (κ1) is 14.7. The predicted molar refractivity (Wildman–Crippen MR) is 65.3 cm³/mol. The third-order valence-electron chi connectivity index (χ3n) is 2.31. The molecular formula is C10H11Cl2FO3S. The van der Waals surface area contributed by atoms with Crippen LogP contribution in [0.25, 0.3) is 0 Å². The summed E-state index contributed by atoms with van der Waals surface area (Å²) in [7, 11) is -3.95. The van der Waals surface area contributed by atoms with Crippen LogP contribution in [-0.4, -0.2) is 22.9 Å². The summed E-state index contributed by atoms with van der Waals surface area (Å²) in [5.74, 6) is -1.12. The van der Waals surface area contributed by atoms with Crippen molar-refractivity contribution in [3.8, 4) is 0 Å². The van der Waals surface area contributed by atoms with E-state index in [0.717, 1.165) is 6.07 Å². The van der Waals surface area contributed by atoms with Crippen molar-refractivity contribution in [3.63, 3.8) is 0 Å². The van der Waals surface area contributed by atoms with Crippen molar-refractivity contribution in [2.24, 2.45) is 0 Å². The summed E-state index contributed by atoms with van der Waals surface area (Å²) in [5, 5.41) is 9.81. The molecule has 0 spiro atoms. The highest BCUT2D eigenvalue weighted by Crippen LogP contribution is 2.41. The Kier molecular flexibility index (Phi) is 4.41. The number of halogens is 3. The van der Waals surface area contributed by atoms with Crippen LogP contribution in [0.2, 0.25) is 0 Å². The molecule has 17 heavy (non-hydrogen) atoms. The smallest absolute Gasteiger partial charge is 0.247 e. The molecule has 1 atom stereocenters. The van der Waals surface area contributed by atoms with Crippen LogP contribution in [0.4, 0.5) is 4.39 Å². The minimum Gasteiger partial charge on any atom is -0.384 e. The summed E-state index contributed by atoms with van der Waals surface area (Å²) < 4.78 is 34.1. The van der Waals surface area contributed by atoms with Crippen molar-refractivity contribution in [1.29, 1.82) is 0 Å². The highest BCUT2D eigenvalue weighted by Gasteiger charge is 2.47. The van der Waals surface area contributed by atoms with Crippen molar-refractivity contribution < 1.29 is 17.9 Å². The summed E-state index contributed by atoms with van der Waals surface area (Å²) in [4.78, 5) is 0. The van der Waals surface area contributed by atoms with Crippen LogP contribution in [-0.2, 0) is 9.84 Å². The minimum absolute atomic E-state index is 0.255. The molecule has 0 amide bonds. The van der Waals surface area contributed by atoms with Crippen LogP contribution in [0.1, 0.15) is 18.6 Å². The number of hydrogen-bond donors (Lipinski definition) is 1. The molecule has 0 bridgehead atoms. The first-order chi connectivity index (χ1) is 7.74. The van der Waals surface area contributed by atoms with Crippen LogP contribution < -0.4 is 0 Å². The summed E-state index contributed by atoms with van der Waals surface area (Å²) in [6, 6.07) is 5.17. The molecule has 3 nitrogen and oxygen atoms in total. The maximum atomic E-state index is 13.4. The number of hydrogen-bond acceptors (Lipinski definition) is 3. The van der Waals surface area contributed by atoms with Gasteiger partial charge < -0.3 is 5.11 Å². The monoisotopic (exact) mass is 300 g/mol. The molecule has 0 aliphatic heterocycles. The number of rotatable bonds is 4. The van der Waals surface area contributed by atoms with Gasteiger partial charge in [-0.2, -0.15) is 0 Å². The molecule has 0 fully saturated rings. The molecule has 0 saturated carbocycles. The average molecular weight is 301 g/mol. The minimum atomic E-state index is -3.95. The summed E-state index contributed by atoms with van der Waals surface area (Å²) in [5.41, 5.74) is -0.255. The fourth-order valence-corrected chi connectivity index (χ4v) is 2.98. The van der Waals surface area contributed by atoms with E-state index in [1.165, 1.54) is 25.1 Å². The Morgan fingerprint density at radius 3 is 2.41 bits per heavy atom. The fourth-order valence-electron chi connectivity index (χ4n) is 1.24. The summed E-state index contributed by atoms with van der Waals surface area (Å²) >= 11 is 11.3. The van der Waals surface area contributed by atoms with E-state index in [2.05, 4.69) is 0 Å². The Bertz CT molecular complexity index is 502. The first-order valence-corrected chi connectivity index (χ1v) is 7.17. The molecule has 0 radical (unpaired) electrons. The molecule has 1 rings (SSSR count). The van der Waals surface area contributed by atoms with Gasteiger partial charge in [-0.15, -0.1) is 0 Å². The van der Waals surface area contributed by atoms with Gasteiger partial charge in [-0.25, -0.2) is 12.8 Å². The molecule has 1 N–H and O–H groups in total. The van der Waals surface area contributed by atoms with Crippen LogP contribution in [0.3, 0.4) is 0 Å². The van der Waals surface area contributed by atoms with Crippen LogP contribution in [0.15, 0.2) is 24.3 Å². The Morgan fingerprint density at radius 1 is 1.41 bits per heavy atom. The Balaban J connectivity index is 3.23. The molecular weight excluding hydrogens is 290 g/mol. The Hall–Kier alpha value is -0.360. The quantitative estimate of drug-likeness (QED) is 0.869. The highest BCUT2D eigenvalue weighted by atomic mass is 35.5. The van der Waals surface area contributed by atoms with Gasteiger partial charge in [-0.3, -0.25) is 0 Å². The number of alkyl halides is 2. The number of sulfone groups is 1. The zero-order valence-corrected chi connectivity index (χ0v) is 11.2. The van der Waals surface area contributed by atoms with Crippen molar-refractivity contribution in [2.75, 3.05) is 5.75 Å². The second-order valence-electron chi connectivity index (χ2n) is 3.39. The van der Waals surface area contributed by atoms with Gasteiger partial charge in [0.2, 0.25) is 3.67 Å². The van der Waals surface area contributed by atoms with Crippen molar-refractivity contribution in [3.05, 3.63) is 35.6 Å². The second kappa shape index (κ2) is 5.10. The van der Waals surface area contributed by atoms with Crippen molar-refractivity contribution >= 4 is 33.0 Å². The molecule has 1 aromatic carbocycles. The average Bonchev–Trinajstić information content (AvgIpc) is 2.28. The molecule has 0 saturated heterocycles. The topological polar surface area (TPSA) is 54.4 Å². The molecule has 0 aliphatic rings. The van der Waals surface area contributed by atoms with Gasteiger partial charge in [0.25, 0.3) is 0 Å². The maximum Gasteiger partial charge on any atom is 0.247 e. The standard InChI is InChI=1S/C10H11Cl2FO3S/c1-2-17(15,16)10(11,12)9(14)7-5-3-4-6-8(7)13/h3-6,9,14H,2H2,1H3/t9-/m0/s1. The van der Waals surface area contributed by atoms with Gasteiger partial charge >= 0.3 is 0 Å². The van der Waals surface area contributed by atoms with E-state index in [4.69, 9.17) is 23.2 Å². The fraction of sp³-hybridized carbons (Fsp3) is 0.400. The zero-order chi connectivity index (χ0) is 13.3. The van der Waals surface area contributed by atoms with E-state index in [0.29, 0.717) is 0 Å². The largest absolute Gasteiger partial charge is 0.384 e. The summed E-state index contributed by atoms with van der Waals surface area (Å²) in [6.07, 6.45) is -1.85. The first-order valence-electron chi connectivity index (χ1n) is 4.76. The lowest BCUT2D eigenvalue weighted by atomic mass is 10.1. The van der Waals surface area contributed by atoms with Gasteiger partial charge in [0, 0.05) is 5.56 Å². The third-order valence-corrected chi connectivity index (χ3v) is 5.95. The third kappa shape index (κ3) is 2.73. The molecule has 0 unspecified atom stereocenters. The van der Waals surface area contributed by atoms with Crippen molar-refractivity contribution in [1.82, 2.24) is 0 Å². The zero-order valence-electron chi connectivity index (χ0n) is 8.90. The molecule has 1 aromatic rings. The van der Waals surface area contributed by atoms with Crippen LogP contribution >= 0.6 is 23.2 Å². The number of benzene rings is 1. The maximum absolute atomic E-state index is 13.4. The lowest BCUT2D eigenvalue weighted by molar-refractivity contribution is 0.176. The SMILES string of the molecule is CCS(=O)(=O)C(Cl)(Cl)[C@@H](O)c1ccccc1F. The van der Waals surface area contributed by atoms with Gasteiger partial charge in [0.1, 0.15) is 11.9 Å². The Morgan fingerprint density at radius 2 is 1.94 bits per heavy atom. The summed E-state index contributed by atoms with van der Waals surface area (Å²) in [6.45, 7) is 1.34. The van der Waals surface area contributed by atoms with E-state index < -0.39 is 25.4 Å². The lowest BCUT2D eigenvalue weighted by Gasteiger charge is -2.25. The molecule has 0 heterocycles. The Labute approximate surface area is 109 Å². The molecule has 0 aromatic heterocycles. The van der Waals surface area contributed by atoms with Gasteiger partial charge in [-0.1, -0.05) is 48.3 Å². The predicted octanol–water partition coefficient (Wildman–Crippen LogP) is 2.43. The van der Waals surface area contributed by atoms with E-state index in [9.17, 15) is 17.9 Å². The van der Waals surface area contributed by atoms with E-state index >= 15 is 0 Å². The van der Waals surface area contributed by atoms with Crippen molar-refractivity contribution in [2.45, 2.75) is 16.7 Å².